The van der Waals surface area contributed by atoms with E-state index in [0.29, 0.717) is 31.4 Å². The minimum atomic E-state index is -0.542. The molecule has 5 rings (SSSR count). The number of nitrogens with one attached hydrogen (secondary N) is 2. The first kappa shape index (κ1) is 28.2. The number of amides is 1. The normalized spacial score (nSPS) is 11.4. The van der Waals surface area contributed by atoms with Crippen LogP contribution in [0.2, 0.25) is 10.0 Å². The third-order valence-corrected chi connectivity index (χ3v) is 8.00. The van der Waals surface area contributed by atoms with E-state index in [0.717, 1.165) is 22.5 Å². The number of hydrogen-bond donors (Lipinski definition) is 2. The molecule has 5 aromatic rings. The summed E-state index contributed by atoms with van der Waals surface area (Å²) in [5.41, 5.74) is 7.14. The molecule has 0 saturated heterocycles. The fourth-order valence-corrected chi connectivity index (χ4v) is 5.41. The summed E-state index contributed by atoms with van der Waals surface area (Å²) in [6.45, 7) is 1.77. The molecule has 2 N–H and O–H groups in total. The summed E-state index contributed by atoms with van der Waals surface area (Å²) in [6.07, 6.45) is -0.240. The highest BCUT2D eigenvalue weighted by atomic mass is 35.5. The molecule has 0 aliphatic heterocycles. The molecule has 0 fully saturated rings. The molecule has 0 radical (unpaired) electrons. The smallest absolute Gasteiger partial charge is 0.272 e. The van der Waals surface area contributed by atoms with Crippen molar-refractivity contribution in [1.82, 2.24) is 20.2 Å². The number of halogens is 2. The number of carbonyl (C=O) groups excluding carboxylic acids is 2. The van der Waals surface area contributed by atoms with E-state index < -0.39 is 5.91 Å². The summed E-state index contributed by atoms with van der Waals surface area (Å²) >= 11 is 13.3. The van der Waals surface area contributed by atoms with E-state index in [1.165, 1.54) is 17.4 Å². The van der Waals surface area contributed by atoms with Crippen LogP contribution in [-0.2, 0) is 4.79 Å². The van der Waals surface area contributed by atoms with Crippen molar-refractivity contribution in [2.24, 2.45) is 5.10 Å². The van der Waals surface area contributed by atoms with Crippen LogP contribution in [0.3, 0.4) is 0 Å². The Morgan fingerprint density at radius 3 is 2.27 bits per heavy atom. The van der Waals surface area contributed by atoms with Crippen LogP contribution in [0, 0.1) is 6.92 Å². The average molecular weight is 604 g/mol. The van der Waals surface area contributed by atoms with Gasteiger partial charge in [-0.25, -0.2) is 9.67 Å². The Labute approximate surface area is 250 Å². The van der Waals surface area contributed by atoms with Crippen molar-refractivity contribution >= 4 is 57.6 Å². The maximum atomic E-state index is 13.4. The Kier molecular flexibility index (Phi) is 8.58. The van der Waals surface area contributed by atoms with Gasteiger partial charge in [-0.3, -0.25) is 9.59 Å². The van der Waals surface area contributed by atoms with E-state index >= 15 is 0 Å². The zero-order valence-corrected chi connectivity index (χ0v) is 24.4. The molecule has 0 aliphatic rings. The second kappa shape index (κ2) is 12.5. The molecule has 0 bridgehead atoms. The van der Waals surface area contributed by atoms with Gasteiger partial charge in [0.1, 0.15) is 5.71 Å². The van der Waals surface area contributed by atoms with Gasteiger partial charge < -0.3 is 10.7 Å². The van der Waals surface area contributed by atoms with E-state index in [-0.39, 0.29) is 17.9 Å². The number of hydrazone groups is 1. The number of anilines is 1. The van der Waals surface area contributed by atoms with Gasteiger partial charge in [0.2, 0.25) is 5.13 Å². The fraction of sp³-hybridized carbons (Fsp3) is 0.100. The topological polar surface area (TPSA) is 101 Å². The summed E-state index contributed by atoms with van der Waals surface area (Å²) in [6, 6.07) is 26.5. The maximum Gasteiger partial charge on any atom is 0.272 e. The van der Waals surface area contributed by atoms with Gasteiger partial charge in [-0.1, -0.05) is 95.2 Å². The third kappa shape index (κ3) is 6.38. The van der Waals surface area contributed by atoms with Gasteiger partial charge in [-0.15, -0.1) is 0 Å². The monoisotopic (exact) mass is 602 g/mol. The summed E-state index contributed by atoms with van der Waals surface area (Å²) in [5.74, 6) is -0.833. The number of benzene rings is 3. The molecule has 0 aliphatic carbocycles. The largest absolute Gasteiger partial charge is 0.321 e. The Morgan fingerprint density at radius 2 is 1.61 bits per heavy atom. The van der Waals surface area contributed by atoms with Gasteiger partial charge in [-0.2, -0.15) is 10.2 Å². The second-order valence-electron chi connectivity index (χ2n) is 8.93. The number of thiazole rings is 1. The van der Waals surface area contributed by atoms with Crippen molar-refractivity contribution in [3.63, 3.8) is 0 Å². The molecule has 206 valence electrons. The molecule has 2 aromatic heterocycles. The zero-order chi connectivity index (χ0) is 28.9. The van der Waals surface area contributed by atoms with Gasteiger partial charge in [0.05, 0.1) is 38.4 Å². The SMILES string of the molecule is CN/N=C(\CC(=O)c1sc(-n2nc(-c3ccccc3)cc2-c2ccccc2)nc1C)C(=O)Nc1ccc(Cl)c(Cl)c1. The van der Waals surface area contributed by atoms with Crippen LogP contribution in [0.15, 0.2) is 90.0 Å². The average Bonchev–Trinajstić information content (AvgIpc) is 3.60. The van der Waals surface area contributed by atoms with Crippen LogP contribution in [0.25, 0.3) is 27.6 Å². The van der Waals surface area contributed by atoms with E-state index in [2.05, 4.69) is 15.8 Å². The number of ketones is 1. The Morgan fingerprint density at radius 1 is 0.927 bits per heavy atom. The summed E-state index contributed by atoms with van der Waals surface area (Å²) < 4.78 is 1.76. The van der Waals surface area contributed by atoms with Crippen molar-refractivity contribution in [3.05, 3.63) is 106 Å². The molecule has 0 saturated carbocycles. The van der Waals surface area contributed by atoms with E-state index in [1.54, 1.807) is 30.8 Å². The lowest BCUT2D eigenvalue weighted by atomic mass is 10.1. The molecule has 0 atom stereocenters. The standard InChI is InChI=1S/C30H24Cl2N6O2S/c1-18-28(27(39)17-25(36-33-2)29(40)35-21-13-14-22(31)23(32)15-21)41-30(34-18)38-26(20-11-7-4-8-12-20)16-24(37-38)19-9-5-3-6-10-19/h3-16,33H,17H2,1-2H3,(H,35,40)/b36-25+. The lowest BCUT2D eigenvalue weighted by Crippen LogP contribution is -2.27. The van der Waals surface area contributed by atoms with Gasteiger partial charge >= 0.3 is 0 Å². The molecule has 2 heterocycles. The molecule has 1 amide bonds. The van der Waals surface area contributed by atoms with Crippen molar-refractivity contribution in [3.8, 4) is 27.6 Å². The quantitative estimate of drug-likeness (QED) is 0.107. The molecular weight excluding hydrogens is 579 g/mol. The molecule has 41 heavy (non-hydrogen) atoms. The van der Waals surface area contributed by atoms with Crippen LogP contribution in [0.5, 0.6) is 0 Å². The highest BCUT2D eigenvalue weighted by Crippen LogP contribution is 2.32. The molecule has 8 nitrogen and oxygen atoms in total. The fourth-order valence-electron chi connectivity index (χ4n) is 4.14. The highest BCUT2D eigenvalue weighted by Gasteiger charge is 2.24. The number of hydrogen-bond acceptors (Lipinski definition) is 7. The van der Waals surface area contributed by atoms with Crippen LogP contribution in [0.4, 0.5) is 5.69 Å². The van der Waals surface area contributed by atoms with E-state index in [1.807, 2.05) is 66.7 Å². The van der Waals surface area contributed by atoms with E-state index in [4.69, 9.17) is 33.3 Å². The molecule has 11 heteroatoms. The number of rotatable bonds is 9. The maximum absolute atomic E-state index is 13.4. The zero-order valence-electron chi connectivity index (χ0n) is 22.1. The van der Waals surface area contributed by atoms with Crippen molar-refractivity contribution in [2.45, 2.75) is 13.3 Å². The van der Waals surface area contributed by atoms with E-state index in [9.17, 15) is 9.59 Å². The number of carbonyl (C=O) groups is 2. The summed E-state index contributed by atoms with van der Waals surface area (Å²) in [5, 5.41) is 12.8. The van der Waals surface area contributed by atoms with Gasteiger partial charge in [0.15, 0.2) is 5.78 Å². The Balaban J connectivity index is 1.44. The van der Waals surface area contributed by atoms with Crippen LogP contribution < -0.4 is 10.7 Å². The predicted molar refractivity (Wildman–Crippen MR) is 165 cm³/mol. The molecule has 3 aromatic carbocycles. The van der Waals surface area contributed by atoms with Gasteiger partial charge in [0, 0.05) is 23.9 Å². The number of Topliss-reactive ketones (excluding diaryl/α,β-unsaturated/α-hetero) is 1. The van der Waals surface area contributed by atoms with Crippen molar-refractivity contribution < 1.29 is 9.59 Å². The van der Waals surface area contributed by atoms with Gasteiger partial charge in [-0.05, 0) is 31.2 Å². The Hall–Kier alpha value is -4.31. The third-order valence-electron chi connectivity index (χ3n) is 6.08. The lowest BCUT2D eigenvalue weighted by molar-refractivity contribution is -0.110. The van der Waals surface area contributed by atoms with Gasteiger partial charge in [0.25, 0.3) is 5.91 Å². The molecule has 0 unspecified atom stereocenters. The van der Waals surface area contributed by atoms with Crippen LogP contribution >= 0.6 is 34.5 Å². The number of nitrogens with zero attached hydrogens (tertiary/aromatic N) is 4. The minimum Gasteiger partial charge on any atom is -0.321 e. The first-order valence-corrected chi connectivity index (χ1v) is 14.1. The second-order valence-corrected chi connectivity index (χ2v) is 10.7. The van der Waals surface area contributed by atoms with Crippen molar-refractivity contribution in [2.75, 3.05) is 12.4 Å². The Bertz CT molecular complexity index is 1750. The van der Waals surface area contributed by atoms with Crippen LogP contribution in [0.1, 0.15) is 21.8 Å². The van der Waals surface area contributed by atoms with Crippen molar-refractivity contribution in [1.29, 1.82) is 0 Å². The minimum absolute atomic E-state index is 0.00773. The predicted octanol–water partition coefficient (Wildman–Crippen LogP) is 7.06. The number of aromatic nitrogens is 3. The summed E-state index contributed by atoms with van der Waals surface area (Å²) in [4.78, 5) is 31.5. The lowest BCUT2D eigenvalue weighted by Gasteiger charge is -2.08. The highest BCUT2D eigenvalue weighted by molar-refractivity contribution is 7.16. The number of aryl methyl sites for hydroxylation is 1. The molecular formula is C30H24Cl2N6O2S. The first-order valence-electron chi connectivity index (χ1n) is 12.6. The molecule has 0 spiro atoms. The van der Waals surface area contributed by atoms with Crippen LogP contribution in [-0.4, -0.2) is 39.2 Å². The summed E-state index contributed by atoms with van der Waals surface area (Å²) in [7, 11) is 1.56. The first-order chi connectivity index (χ1) is 19.8.